The van der Waals surface area contributed by atoms with Crippen molar-refractivity contribution in [3.8, 4) is 11.1 Å². The number of furan rings is 1. The second-order valence-corrected chi connectivity index (χ2v) is 12.7. The molecule has 0 fully saturated rings. The fourth-order valence-electron chi connectivity index (χ4n) is 4.13. The highest BCUT2D eigenvalue weighted by Gasteiger charge is 2.32. The Hall–Kier alpha value is -3.95. The van der Waals surface area contributed by atoms with Crippen molar-refractivity contribution in [2.45, 2.75) is 51.2 Å². The van der Waals surface area contributed by atoms with Crippen molar-refractivity contribution in [3.05, 3.63) is 84.6 Å². The summed E-state index contributed by atoms with van der Waals surface area (Å²) >= 11 is 0. The second-order valence-electron chi connectivity index (χ2n) is 11.0. The molecule has 0 aliphatic carbocycles. The lowest BCUT2D eigenvalue weighted by atomic mass is 10.1. The van der Waals surface area contributed by atoms with Crippen LogP contribution in [0, 0.1) is 5.92 Å². The van der Waals surface area contributed by atoms with E-state index in [9.17, 15) is 18.0 Å². The molecule has 0 saturated carbocycles. The molecule has 0 aliphatic heterocycles. The van der Waals surface area contributed by atoms with Crippen molar-refractivity contribution in [2.24, 2.45) is 5.92 Å². The maximum Gasteiger partial charge on any atom is 0.324 e. The van der Waals surface area contributed by atoms with E-state index in [-0.39, 0.29) is 22.5 Å². The molecule has 1 amide bonds. The first-order chi connectivity index (χ1) is 18.7. The topological polar surface area (TPSA) is 106 Å². The van der Waals surface area contributed by atoms with Crippen molar-refractivity contribution in [1.82, 2.24) is 4.72 Å². The largest absolute Gasteiger partial charge is 0.459 e. The molecule has 1 unspecified atom stereocenters. The number of benzene rings is 3. The average Bonchev–Trinajstić information content (AvgIpc) is 3.34. The zero-order valence-corrected chi connectivity index (χ0v) is 24.3. The quantitative estimate of drug-likeness (QED) is 0.263. The first kappa shape index (κ1) is 29.0. The van der Waals surface area contributed by atoms with Gasteiger partial charge in [0.05, 0.1) is 4.90 Å². The number of rotatable bonds is 8. The molecule has 0 spiro atoms. The lowest BCUT2D eigenvalue weighted by molar-refractivity contribution is -0.158. The molecule has 1 aromatic heterocycles. The number of sulfonamides is 1. The summed E-state index contributed by atoms with van der Waals surface area (Å²) in [5.74, 6) is -0.938. The smallest absolute Gasteiger partial charge is 0.324 e. The Morgan fingerprint density at radius 2 is 1.48 bits per heavy atom. The van der Waals surface area contributed by atoms with Crippen LogP contribution >= 0.6 is 0 Å². The predicted molar refractivity (Wildman–Crippen MR) is 156 cm³/mol. The summed E-state index contributed by atoms with van der Waals surface area (Å²) in [6, 6.07) is 21.9. The van der Waals surface area contributed by atoms with Crippen molar-refractivity contribution in [2.75, 3.05) is 11.9 Å². The van der Waals surface area contributed by atoms with Gasteiger partial charge in [0.2, 0.25) is 10.0 Å². The van der Waals surface area contributed by atoms with E-state index in [0.29, 0.717) is 11.3 Å². The van der Waals surface area contributed by atoms with Crippen LogP contribution < -0.4 is 9.62 Å². The van der Waals surface area contributed by atoms with E-state index in [0.717, 1.165) is 16.5 Å². The van der Waals surface area contributed by atoms with Crippen LogP contribution in [0.2, 0.25) is 0 Å². The Kier molecular flexibility index (Phi) is 8.18. The Bertz CT molecular complexity index is 1580. The van der Waals surface area contributed by atoms with Crippen molar-refractivity contribution < 1.29 is 27.2 Å². The number of para-hydroxylation sites is 1. The molecule has 4 rings (SSSR count). The standard InChI is InChI=1S/C31H34N2O6S/c1-20(2)28(30(35)39-31(3,4)5)32-40(36,37)25-17-13-22(14-18-25)21-11-15-24(16-12-21)33(6)29(34)27-19-23-9-7-8-10-26(23)38-27/h7-20,28,32H,1-6H3. The fourth-order valence-corrected chi connectivity index (χ4v) is 5.46. The van der Waals surface area contributed by atoms with Crippen molar-refractivity contribution in [3.63, 3.8) is 0 Å². The Labute approximate surface area is 235 Å². The molecular weight excluding hydrogens is 528 g/mol. The summed E-state index contributed by atoms with van der Waals surface area (Å²) in [5.41, 5.74) is 2.24. The minimum atomic E-state index is -3.97. The molecular formula is C31H34N2O6S. The van der Waals surface area contributed by atoms with Crippen LogP contribution in [-0.4, -0.2) is 39.0 Å². The SMILES string of the molecule is CC(C)C(NS(=O)(=O)c1ccc(-c2ccc(N(C)C(=O)c3cc4ccccc4o3)cc2)cc1)C(=O)OC(C)(C)C. The fraction of sp³-hybridized carbons (Fsp3) is 0.290. The maximum absolute atomic E-state index is 13.1. The van der Waals surface area contributed by atoms with Gasteiger partial charge in [-0.1, -0.05) is 56.3 Å². The number of carbonyl (C=O) groups is 2. The lowest BCUT2D eigenvalue weighted by Gasteiger charge is -2.26. The molecule has 1 heterocycles. The highest BCUT2D eigenvalue weighted by molar-refractivity contribution is 7.89. The molecule has 4 aromatic rings. The molecule has 0 aliphatic rings. The molecule has 0 radical (unpaired) electrons. The van der Waals surface area contributed by atoms with E-state index in [1.807, 2.05) is 48.5 Å². The summed E-state index contributed by atoms with van der Waals surface area (Å²) in [5, 5.41) is 0.861. The van der Waals surface area contributed by atoms with Gasteiger partial charge >= 0.3 is 5.97 Å². The van der Waals surface area contributed by atoms with Crippen LogP contribution in [0.15, 0.2) is 88.2 Å². The summed E-state index contributed by atoms with van der Waals surface area (Å²) in [4.78, 5) is 27.1. The summed E-state index contributed by atoms with van der Waals surface area (Å²) in [7, 11) is -2.29. The predicted octanol–water partition coefficient (Wildman–Crippen LogP) is 6.02. The third-order valence-corrected chi connectivity index (χ3v) is 7.76. The summed E-state index contributed by atoms with van der Waals surface area (Å²) in [6.45, 7) is 8.72. The number of amides is 1. The highest BCUT2D eigenvalue weighted by atomic mass is 32.2. The van der Waals surface area contributed by atoms with Gasteiger partial charge in [0.25, 0.3) is 5.91 Å². The number of anilines is 1. The van der Waals surface area contributed by atoms with Crippen LogP contribution in [0.5, 0.6) is 0 Å². The van der Waals surface area contributed by atoms with Gasteiger partial charge in [0.15, 0.2) is 5.76 Å². The minimum Gasteiger partial charge on any atom is -0.459 e. The first-order valence-electron chi connectivity index (χ1n) is 13.0. The van der Waals surface area contributed by atoms with E-state index in [1.54, 1.807) is 59.9 Å². The normalized spacial score (nSPS) is 12.9. The van der Waals surface area contributed by atoms with E-state index in [4.69, 9.17) is 9.15 Å². The van der Waals surface area contributed by atoms with E-state index < -0.39 is 27.6 Å². The highest BCUT2D eigenvalue weighted by Crippen LogP contribution is 2.27. The van der Waals surface area contributed by atoms with Crippen LogP contribution in [-0.2, 0) is 19.6 Å². The number of fused-ring (bicyclic) bond motifs is 1. The Balaban J connectivity index is 1.47. The van der Waals surface area contributed by atoms with Gasteiger partial charge in [-0.15, -0.1) is 0 Å². The van der Waals surface area contributed by atoms with Crippen LogP contribution in [0.3, 0.4) is 0 Å². The van der Waals surface area contributed by atoms with E-state index in [1.165, 1.54) is 17.0 Å². The maximum atomic E-state index is 13.1. The van der Waals surface area contributed by atoms with Gasteiger partial charge in [-0.25, -0.2) is 8.42 Å². The number of esters is 1. The number of nitrogens with one attached hydrogen (secondary N) is 1. The molecule has 0 saturated heterocycles. The zero-order valence-electron chi connectivity index (χ0n) is 23.5. The van der Waals surface area contributed by atoms with Gasteiger partial charge in [-0.2, -0.15) is 4.72 Å². The van der Waals surface area contributed by atoms with Gasteiger partial charge in [-0.05, 0) is 74.2 Å². The number of carbonyl (C=O) groups excluding carboxylic acids is 2. The zero-order chi connectivity index (χ0) is 29.2. The molecule has 3 aromatic carbocycles. The number of hydrogen-bond donors (Lipinski definition) is 1. The van der Waals surface area contributed by atoms with Gasteiger partial charge < -0.3 is 14.1 Å². The van der Waals surface area contributed by atoms with E-state index >= 15 is 0 Å². The third kappa shape index (κ3) is 6.60. The molecule has 1 atom stereocenters. The lowest BCUT2D eigenvalue weighted by Crippen LogP contribution is -2.47. The number of nitrogens with zero attached hydrogens (tertiary/aromatic N) is 1. The van der Waals surface area contributed by atoms with Crippen molar-refractivity contribution in [1.29, 1.82) is 0 Å². The van der Waals surface area contributed by atoms with Crippen LogP contribution in [0.25, 0.3) is 22.1 Å². The third-order valence-electron chi connectivity index (χ3n) is 6.30. The summed E-state index contributed by atoms with van der Waals surface area (Å²) in [6.07, 6.45) is 0. The molecule has 0 bridgehead atoms. The van der Waals surface area contributed by atoms with Gasteiger partial charge in [-0.3, -0.25) is 9.59 Å². The Morgan fingerprint density at radius 1 is 0.900 bits per heavy atom. The van der Waals surface area contributed by atoms with Crippen LogP contribution in [0.4, 0.5) is 5.69 Å². The van der Waals surface area contributed by atoms with Crippen molar-refractivity contribution >= 4 is 38.6 Å². The van der Waals surface area contributed by atoms with Gasteiger partial charge in [0, 0.05) is 18.1 Å². The average molecular weight is 563 g/mol. The molecule has 1 N–H and O–H groups in total. The van der Waals surface area contributed by atoms with E-state index in [2.05, 4.69) is 4.72 Å². The monoisotopic (exact) mass is 562 g/mol. The summed E-state index contributed by atoms with van der Waals surface area (Å²) < 4.78 is 39.7. The number of hydrogen-bond acceptors (Lipinski definition) is 6. The second kappa shape index (κ2) is 11.3. The minimum absolute atomic E-state index is 0.0400. The first-order valence-corrected chi connectivity index (χ1v) is 14.5. The molecule has 9 heteroatoms. The van der Waals surface area contributed by atoms with Crippen LogP contribution in [0.1, 0.15) is 45.2 Å². The number of ether oxygens (including phenoxy) is 1. The Morgan fingerprint density at radius 3 is 2.02 bits per heavy atom. The molecule has 210 valence electrons. The molecule has 8 nitrogen and oxygen atoms in total. The van der Waals surface area contributed by atoms with Gasteiger partial charge in [0.1, 0.15) is 17.2 Å². The molecule has 40 heavy (non-hydrogen) atoms.